The third-order valence-corrected chi connectivity index (χ3v) is 3.83. The van der Waals surface area contributed by atoms with Crippen LogP contribution in [0.25, 0.3) is 0 Å². The summed E-state index contributed by atoms with van der Waals surface area (Å²) >= 11 is 0. The number of amides is 3. The monoisotopic (exact) mass is 330 g/mol. The van der Waals surface area contributed by atoms with Crippen LogP contribution < -0.4 is 10.2 Å². The molecule has 0 spiro atoms. The molecule has 0 atom stereocenters. The van der Waals surface area contributed by atoms with Gasteiger partial charge in [-0.25, -0.2) is 4.79 Å². The zero-order valence-electron chi connectivity index (χ0n) is 13.8. The summed E-state index contributed by atoms with van der Waals surface area (Å²) in [5.74, 6) is -0.430. The highest BCUT2D eigenvalue weighted by Crippen LogP contribution is 2.28. The number of para-hydroxylation sites is 2. The molecule has 3 aromatic carbocycles. The maximum Gasteiger partial charge on any atom is 0.333 e. The summed E-state index contributed by atoms with van der Waals surface area (Å²) in [6, 6.07) is 25.0. The highest BCUT2D eigenvalue weighted by Gasteiger charge is 2.21. The van der Waals surface area contributed by atoms with Crippen LogP contribution in [0.4, 0.5) is 16.2 Å². The van der Waals surface area contributed by atoms with Gasteiger partial charge in [-0.05, 0) is 42.8 Å². The first kappa shape index (κ1) is 16.5. The Labute approximate surface area is 146 Å². The Morgan fingerprint density at radius 3 is 1.96 bits per heavy atom. The van der Waals surface area contributed by atoms with Gasteiger partial charge >= 0.3 is 6.03 Å². The normalized spacial score (nSPS) is 10.1. The summed E-state index contributed by atoms with van der Waals surface area (Å²) in [6.07, 6.45) is 0. The maximum absolute atomic E-state index is 12.9. The van der Waals surface area contributed by atoms with Gasteiger partial charge in [-0.2, -0.15) is 0 Å². The summed E-state index contributed by atoms with van der Waals surface area (Å²) in [5, 5.41) is 2.47. The van der Waals surface area contributed by atoms with Gasteiger partial charge in [-0.1, -0.05) is 54.6 Å². The molecule has 0 bridgehead atoms. The van der Waals surface area contributed by atoms with E-state index in [-0.39, 0.29) is 0 Å². The first-order chi connectivity index (χ1) is 12.2. The Kier molecular flexibility index (Phi) is 4.90. The lowest BCUT2D eigenvalue weighted by Crippen LogP contribution is -2.40. The van der Waals surface area contributed by atoms with E-state index >= 15 is 0 Å². The molecule has 0 radical (unpaired) electrons. The second kappa shape index (κ2) is 7.45. The van der Waals surface area contributed by atoms with Crippen molar-refractivity contribution in [3.05, 3.63) is 96.1 Å². The molecular weight excluding hydrogens is 312 g/mol. The van der Waals surface area contributed by atoms with Crippen LogP contribution in [0.15, 0.2) is 84.9 Å². The third-order valence-electron chi connectivity index (χ3n) is 3.83. The number of rotatable bonds is 3. The maximum atomic E-state index is 12.9. The minimum absolute atomic E-state index is 0.430. The molecule has 0 saturated heterocycles. The predicted octanol–water partition coefficient (Wildman–Crippen LogP) is 4.68. The van der Waals surface area contributed by atoms with Gasteiger partial charge in [-0.15, -0.1) is 0 Å². The van der Waals surface area contributed by atoms with Gasteiger partial charge in [-0.3, -0.25) is 15.0 Å². The van der Waals surface area contributed by atoms with E-state index in [0.717, 1.165) is 11.3 Å². The zero-order chi connectivity index (χ0) is 17.6. The summed E-state index contributed by atoms with van der Waals surface area (Å²) < 4.78 is 0. The molecule has 3 amide bonds. The number of benzene rings is 3. The zero-order valence-corrected chi connectivity index (χ0v) is 13.8. The van der Waals surface area contributed by atoms with Crippen molar-refractivity contribution < 1.29 is 9.59 Å². The summed E-state index contributed by atoms with van der Waals surface area (Å²) in [5.41, 5.74) is 2.80. The van der Waals surface area contributed by atoms with Crippen LogP contribution in [0.2, 0.25) is 0 Å². The van der Waals surface area contributed by atoms with Gasteiger partial charge in [0.1, 0.15) is 0 Å². The number of aryl methyl sites for hydroxylation is 1. The number of urea groups is 1. The number of nitrogens with zero attached hydrogens (tertiary/aromatic N) is 1. The lowest BCUT2D eigenvalue weighted by atomic mass is 10.1. The van der Waals surface area contributed by atoms with Crippen LogP contribution in [0.3, 0.4) is 0 Å². The highest BCUT2D eigenvalue weighted by molar-refractivity contribution is 6.11. The molecule has 0 unspecified atom stereocenters. The number of carbonyl (C=O) groups is 2. The van der Waals surface area contributed by atoms with Crippen LogP contribution in [-0.2, 0) is 0 Å². The molecule has 25 heavy (non-hydrogen) atoms. The van der Waals surface area contributed by atoms with Crippen molar-refractivity contribution in [3.8, 4) is 0 Å². The molecule has 1 N–H and O–H groups in total. The fraction of sp³-hybridized carbons (Fsp3) is 0.0476. The van der Waals surface area contributed by atoms with Crippen molar-refractivity contribution >= 4 is 23.3 Å². The Hall–Kier alpha value is -3.40. The molecule has 0 aliphatic carbocycles. The van der Waals surface area contributed by atoms with Gasteiger partial charge in [0, 0.05) is 5.56 Å². The molecule has 4 heteroatoms. The Balaban J connectivity index is 1.94. The molecule has 4 nitrogen and oxygen atoms in total. The second-order valence-corrected chi connectivity index (χ2v) is 5.58. The van der Waals surface area contributed by atoms with Crippen molar-refractivity contribution in [2.24, 2.45) is 0 Å². The van der Waals surface area contributed by atoms with E-state index in [2.05, 4.69) is 5.32 Å². The van der Waals surface area contributed by atoms with Crippen molar-refractivity contribution in [2.75, 3.05) is 4.90 Å². The fourth-order valence-electron chi connectivity index (χ4n) is 2.57. The summed E-state index contributed by atoms with van der Waals surface area (Å²) in [7, 11) is 0. The first-order valence-electron chi connectivity index (χ1n) is 7.98. The molecule has 0 aliphatic heterocycles. The molecule has 124 valence electrons. The van der Waals surface area contributed by atoms with E-state index in [0.29, 0.717) is 11.3 Å². The molecule has 0 aromatic heterocycles. The lowest BCUT2D eigenvalue weighted by molar-refractivity contribution is 0.0966. The van der Waals surface area contributed by atoms with E-state index in [4.69, 9.17) is 0 Å². The van der Waals surface area contributed by atoms with E-state index in [1.165, 1.54) is 4.90 Å². The quantitative estimate of drug-likeness (QED) is 0.758. The summed E-state index contributed by atoms with van der Waals surface area (Å²) in [6.45, 7) is 1.93. The SMILES string of the molecule is Cc1ccccc1N(C(=O)NC(=O)c1ccccc1)c1ccccc1. The molecule has 0 aliphatic rings. The molecular formula is C21H18N2O2. The smallest absolute Gasteiger partial charge is 0.273 e. The van der Waals surface area contributed by atoms with Gasteiger partial charge < -0.3 is 0 Å². The number of nitrogens with one attached hydrogen (secondary N) is 1. The Morgan fingerprint density at radius 1 is 0.760 bits per heavy atom. The van der Waals surface area contributed by atoms with Gasteiger partial charge in [0.2, 0.25) is 0 Å². The average Bonchev–Trinajstić information content (AvgIpc) is 2.65. The van der Waals surface area contributed by atoms with Gasteiger partial charge in [0.05, 0.1) is 11.4 Å². The van der Waals surface area contributed by atoms with Gasteiger partial charge in [0.15, 0.2) is 0 Å². The van der Waals surface area contributed by atoms with Crippen molar-refractivity contribution in [1.82, 2.24) is 5.32 Å². The number of hydrogen-bond donors (Lipinski definition) is 1. The second-order valence-electron chi connectivity index (χ2n) is 5.58. The molecule has 0 saturated carbocycles. The average molecular weight is 330 g/mol. The molecule has 0 heterocycles. The van der Waals surface area contributed by atoms with E-state index in [9.17, 15) is 9.59 Å². The number of imide groups is 1. The third kappa shape index (κ3) is 3.75. The minimum atomic E-state index is -0.491. The van der Waals surface area contributed by atoms with Crippen molar-refractivity contribution in [3.63, 3.8) is 0 Å². The Bertz CT molecular complexity index is 877. The van der Waals surface area contributed by atoms with E-state index in [1.54, 1.807) is 24.3 Å². The molecule has 3 aromatic rings. The van der Waals surface area contributed by atoms with Gasteiger partial charge in [0.25, 0.3) is 5.91 Å². The predicted molar refractivity (Wildman–Crippen MR) is 99.1 cm³/mol. The van der Waals surface area contributed by atoms with E-state index in [1.807, 2.05) is 67.6 Å². The van der Waals surface area contributed by atoms with Crippen LogP contribution in [-0.4, -0.2) is 11.9 Å². The summed E-state index contributed by atoms with van der Waals surface area (Å²) in [4.78, 5) is 26.7. The van der Waals surface area contributed by atoms with Crippen LogP contribution >= 0.6 is 0 Å². The highest BCUT2D eigenvalue weighted by atomic mass is 16.2. The standard InChI is InChI=1S/C21H18N2O2/c1-16-10-8-9-15-19(16)23(18-13-6-3-7-14-18)21(25)22-20(24)17-11-4-2-5-12-17/h2-15H,1H3,(H,22,24,25). The largest absolute Gasteiger partial charge is 0.333 e. The Morgan fingerprint density at radius 2 is 1.32 bits per heavy atom. The lowest BCUT2D eigenvalue weighted by Gasteiger charge is -2.24. The van der Waals surface area contributed by atoms with Crippen molar-refractivity contribution in [2.45, 2.75) is 6.92 Å². The first-order valence-corrected chi connectivity index (χ1v) is 7.98. The number of anilines is 2. The van der Waals surface area contributed by atoms with Crippen molar-refractivity contribution in [1.29, 1.82) is 0 Å². The topological polar surface area (TPSA) is 49.4 Å². The number of carbonyl (C=O) groups excluding carboxylic acids is 2. The number of hydrogen-bond acceptors (Lipinski definition) is 2. The van der Waals surface area contributed by atoms with Crippen LogP contribution in [0, 0.1) is 6.92 Å². The van der Waals surface area contributed by atoms with Crippen LogP contribution in [0.5, 0.6) is 0 Å². The minimum Gasteiger partial charge on any atom is -0.273 e. The van der Waals surface area contributed by atoms with E-state index < -0.39 is 11.9 Å². The molecule has 3 rings (SSSR count). The van der Waals surface area contributed by atoms with Crippen LogP contribution in [0.1, 0.15) is 15.9 Å². The fourth-order valence-corrected chi connectivity index (χ4v) is 2.57. The molecule has 0 fully saturated rings.